The third-order valence-electron chi connectivity index (χ3n) is 8.18. The maximum absolute atomic E-state index is 11.0. The topological polar surface area (TPSA) is 63.3 Å². The Kier molecular flexibility index (Phi) is 1.94. The highest BCUT2D eigenvalue weighted by Gasteiger charge is 3.01. The van der Waals surface area contributed by atoms with E-state index in [0.717, 1.165) is 23.7 Å². The standard InChI is InChI=1S/C15H20O2.CH5N/c1-13-6-14(2)11-8(5-10(16)17)7-3-4-9(13)15(13,14)12(7)11;1-2/h7-9,11-12H,3-6H2,1-2H3,(H,16,17);2H2,1H3/t7-,8+,9?,11+,12-,13?,14?,15?;/m1./s1. The number of carboxylic acid groups (broad SMARTS) is 1. The van der Waals surface area contributed by atoms with E-state index in [1.807, 2.05) is 0 Å². The molecule has 3 nitrogen and oxygen atoms in total. The zero-order valence-corrected chi connectivity index (χ0v) is 12.1. The van der Waals surface area contributed by atoms with Crippen LogP contribution < -0.4 is 5.73 Å². The van der Waals surface area contributed by atoms with Crippen LogP contribution in [0.25, 0.3) is 0 Å². The minimum absolute atomic E-state index is 0.443. The summed E-state index contributed by atoms with van der Waals surface area (Å²) in [6.45, 7) is 4.99. The van der Waals surface area contributed by atoms with Crippen molar-refractivity contribution in [2.45, 2.75) is 39.5 Å². The Hall–Kier alpha value is -0.570. The van der Waals surface area contributed by atoms with Crippen LogP contribution in [-0.4, -0.2) is 18.1 Å². The summed E-state index contributed by atoms with van der Waals surface area (Å²) in [6, 6.07) is 0. The molecule has 8 atom stereocenters. The van der Waals surface area contributed by atoms with Crippen LogP contribution in [0, 0.1) is 45.8 Å². The fourth-order valence-corrected chi connectivity index (χ4v) is 8.41. The Bertz CT molecular complexity index is 477. The quantitative estimate of drug-likeness (QED) is 0.804. The van der Waals surface area contributed by atoms with E-state index in [1.165, 1.54) is 26.3 Å². The second-order valence-corrected chi connectivity index (χ2v) is 7.99. The number of fused-ring (bicyclic) bond motifs is 2. The van der Waals surface area contributed by atoms with Gasteiger partial charge in [-0.2, -0.15) is 0 Å². The van der Waals surface area contributed by atoms with Gasteiger partial charge in [0.2, 0.25) is 0 Å². The molecule has 106 valence electrons. The fraction of sp³-hybridized carbons (Fsp3) is 0.938. The summed E-state index contributed by atoms with van der Waals surface area (Å²) >= 11 is 0. The van der Waals surface area contributed by atoms with Crippen molar-refractivity contribution in [3.63, 3.8) is 0 Å². The number of hydrogen-bond donors (Lipinski definition) is 2. The van der Waals surface area contributed by atoms with Gasteiger partial charge >= 0.3 is 5.97 Å². The summed E-state index contributed by atoms with van der Waals surface area (Å²) in [6.07, 6.45) is 4.57. The minimum atomic E-state index is -0.571. The van der Waals surface area contributed by atoms with Gasteiger partial charge in [-0.3, -0.25) is 4.79 Å². The van der Waals surface area contributed by atoms with E-state index in [1.54, 1.807) is 0 Å². The van der Waals surface area contributed by atoms with Gasteiger partial charge in [0.15, 0.2) is 0 Å². The molecule has 5 aliphatic carbocycles. The molecule has 0 heterocycles. The zero-order valence-electron chi connectivity index (χ0n) is 12.1. The van der Waals surface area contributed by atoms with E-state index in [9.17, 15) is 4.79 Å². The molecule has 5 aliphatic rings. The van der Waals surface area contributed by atoms with Gasteiger partial charge in [-0.1, -0.05) is 13.8 Å². The van der Waals surface area contributed by atoms with Crippen LogP contribution in [0.3, 0.4) is 0 Å². The van der Waals surface area contributed by atoms with Crippen molar-refractivity contribution in [2.75, 3.05) is 7.05 Å². The predicted octanol–water partition coefficient (Wildman–Crippen LogP) is 2.35. The van der Waals surface area contributed by atoms with Gasteiger partial charge in [0.25, 0.3) is 0 Å². The highest BCUT2D eigenvalue weighted by Crippen LogP contribution is 3.06. The maximum atomic E-state index is 11.0. The molecule has 5 rings (SSSR count). The van der Waals surface area contributed by atoms with Crippen LogP contribution in [0.15, 0.2) is 0 Å². The van der Waals surface area contributed by atoms with Crippen LogP contribution in [0.5, 0.6) is 0 Å². The normalized spacial score (nSPS) is 64.9. The van der Waals surface area contributed by atoms with Crippen LogP contribution in [0.1, 0.15) is 39.5 Å². The molecule has 0 saturated heterocycles. The molecule has 1 spiro atoms. The molecule has 5 fully saturated rings. The predicted molar refractivity (Wildman–Crippen MR) is 72.3 cm³/mol. The smallest absolute Gasteiger partial charge is 0.303 e. The van der Waals surface area contributed by atoms with E-state index in [2.05, 4.69) is 19.6 Å². The van der Waals surface area contributed by atoms with Gasteiger partial charge in [0.1, 0.15) is 0 Å². The van der Waals surface area contributed by atoms with Crippen molar-refractivity contribution in [3.05, 3.63) is 0 Å². The lowest BCUT2D eigenvalue weighted by molar-refractivity contribution is -0.349. The number of aliphatic carboxylic acids is 1. The van der Waals surface area contributed by atoms with Crippen molar-refractivity contribution in [1.82, 2.24) is 0 Å². The van der Waals surface area contributed by atoms with E-state index in [0.29, 0.717) is 28.6 Å². The molecule has 0 aromatic carbocycles. The third kappa shape index (κ3) is 0.837. The monoisotopic (exact) mass is 263 g/mol. The number of hydrogen-bond acceptors (Lipinski definition) is 2. The van der Waals surface area contributed by atoms with Crippen LogP contribution in [0.4, 0.5) is 0 Å². The lowest BCUT2D eigenvalue weighted by atomic mass is 9.22. The minimum Gasteiger partial charge on any atom is -0.481 e. The summed E-state index contributed by atoms with van der Waals surface area (Å²) in [5, 5.41) is 9.08. The third-order valence-corrected chi connectivity index (χ3v) is 8.18. The van der Waals surface area contributed by atoms with Crippen molar-refractivity contribution >= 4 is 5.97 Å². The molecule has 4 unspecified atom stereocenters. The molecule has 0 radical (unpaired) electrons. The summed E-state index contributed by atoms with van der Waals surface area (Å²) in [5.74, 6) is 3.47. The molecule has 3 N–H and O–H groups in total. The first kappa shape index (κ1) is 12.2. The number of carbonyl (C=O) groups is 1. The molecule has 0 aromatic rings. The van der Waals surface area contributed by atoms with Crippen molar-refractivity contribution < 1.29 is 9.90 Å². The molecule has 19 heavy (non-hydrogen) atoms. The van der Waals surface area contributed by atoms with Gasteiger partial charge in [-0.25, -0.2) is 0 Å². The first-order valence-electron chi connectivity index (χ1n) is 7.78. The lowest BCUT2D eigenvalue weighted by Crippen LogP contribution is -2.78. The maximum Gasteiger partial charge on any atom is 0.303 e. The van der Waals surface area contributed by atoms with E-state index in [4.69, 9.17) is 5.11 Å². The van der Waals surface area contributed by atoms with Crippen LogP contribution >= 0.6 is 0 Å². The highest BCUT2D eigenvalue weighted by atomic mass is 16.4. The Morgan fingerprint density at radius 2 is 1.89 bits per heavy atom. The van der Waals surface area contributed by atoms with Crippen LogP contribution in [-0.2, 0) is 4.79 Å². The zero-order chi connectivity index (χ0) is 13.8. The first-order valence-corrected chi connectivity index (χ1v) is 7.78. The van der Waals surface area contributed by atoms with E-state index in [-0.39, 0.29) is 0 Å². The Balaban J connectivity index is 0.000000465. The first-order chi connectivity index (χ1) is 8.98. The average molecular weight is 263 g/mol. The Morgan fingerprint density at radius 3 is 2.53 bits per heavy atom. The summed E-state index contributed by atoms with van der Waals surface area (Å²) < 4.78 is 0. The molecular weight excluding hydrogens is 238 g/mol. The highest BCUT2D eigenvalue weighted by molar-refractivity contribution is 5.68. The van der Waals surface area contributed by atoms with Gasteiger partial charge in [-0.05, 0) is 72.1 Å². The van der Waals surface area contributed by atoms with Crippen molar-refractivity contribution in [2.24, 2.45) is 51.6 Å². The molecule has 5 saturated carbocycles. The van der Waals surface area contributed by atoms with E-state index >= 15 is 0 Å². The van der Waals surface area contributed by atoms with Crippen LogP contribution in [0.2, 0.25) is 0 Å². The van der Waals surface area contributed by atoms with Gasteiger partial charge < -0.3 is 10.8 Å². The largest absolute Gasteiger partial charge is 0.481 e. The molecule has 0 aliphatic heterocycles. The van der Waals surface area contributed by atoms with Crippen molar-refractivity contribution in [3.8, 4) is 0 Å². The summed E-state index contributed by atoms with van der Waals surface area (Å²) in [4.78, 5) is 11.0. The van der Waals surface area contributed by atoms with E-state index < -0.39 is 5.97 Å². The second kappa shape index (κ2) is 3.03. The Morgan fingerprint density at radius 1 is 1.21 bits per heavy atom. The molecular formula is C16H25NO2. The number of rotatable bonds is 2. The average Bonchev–Trinajstić information content (AvgIpc) is 2.81. The van der Waals surface area contributed by atoms with Gasteiger partial charge in [-0.15, -0.1) is 0 Å². The lowest BCUT2D eigenvalue weighted by Gasteiger charge is -2.82. The molecule has 0 bridgehead atoms. The second-order valence-electron chi connectivity index (χ2n) is 7.99. The summed E-state index contributed by atoms with van der Waals surface area (Å²) in [7, 11) is 1.50. The number of carboxylic acids is 1. The number of nitrogens with two attached hydrogens (primary N) is 1. The molecule has 0 aromatic heterocycles. The molecule has 3 heteroatoms. The summed E-state index contributed by atoms with van der Waals surface area (Å²) in [5.41, 5.74) is 6.45. The SMILES string of the molecule is CC12CC3(C)[C@H]4[C@@H](CC(=O)O)[C@H]5CCC1C23[C@H]54.CN. The fourth-order valence-electron chi connectivity index (χ4n) is 8.41. The van der Waals surface area contributed by atoms with Gasteiger partial charge in [0, 0.05) is 6.42 Å². The Labute approximate surface area is 114 Å². The van der Waals surface area contributed by atoms with Crippen molar-refractivity contribution in [1.29, 1.82) is 0 Å². The molecule has 0 amide bonds. The van der Waals surface area contributed by atoms with Gasteiger partial charge in [0.05, 0.1) is 0 Å².